The molecule has 2 rings (SSSR count). The molecule has 1 aliphatic heterocycles. The fraction of sp³-hybridized carbons (Fsp3) is 0.571. The van der Waals surface area contributed by atoms with Crippen molar-refractivity contribution in [2.45, 2.75) is 19.4 Å². The number of benzene rings is 1. The van der Waals surface area contributed by atoms with Gasteiger partial charge in [0.05, 0.1) is 13.2 Å². The van der Waals surface area contributed by atoms with Crippen LogP contribution in [0.15, 0.2) is 24.3 Å². The molecular weight excluding hydrogens is 212 g/mol. The van der Waals surface area contributed by atoms with Crippen molar-refractivity contribution in [2.24, 2.45) is 11.7 Å². The number of hydrogen-bond donors (Lipinski definition) is 1. The fourth-order valence-electron chi connectivity index (χ4n) is 2.67. The summed E-state index contributed by atoms with van der Waals surface area (Å²) >= 11 is 0. The highest BCUT2D eigenvalue weighted by Gasteiger charge is 2.27. The minimum absolute atomic E-state index is 0.288. The van der Waals surface area contributed by atoms with E-state index in [1.165, 1.54) is 12.0 Å². The maximum atomic E-state index is 5.96. The maximum absolute atomic E-state index is 5.96. The Kier molecular flexibility index (Phi) is 4.02. The summed E-state index contributed by atoms with van der Waals surface area (Å²) in [6.45, 7) is 5.23. The summed E-state index contributed by atoms with van der Waals surface area (Å²) in [5.74, 6) is 1.72. The zero-order valence-corrected chi connectivity index (χ0v) is 10.7. The number of methoxy groups -OCH3 is 1. The van der Waals surface area contributed by atoms with E-state index in [1.54, 1.807) is 7.11 Å². The standard InChI is InChI=1S/C14H22N2O/c1-11-7-8-16(10-11)13(9-15)12-5-3-4-6-14(12)17-2/h3-6,11,13H,7-10,15H2,1-2H3. The van der Waals surface area contributed by atoms with Crippen molar-refractivity contribution in [3.63, 3.8) is 0 Å². The molecular formula is C14H22N2O. The number of hydrogen-bond acceptors (Lipinski definition) is 3. The molecule has 1 saturated heterocycles. The van der Waals surface area contributed by atoms with E-state index >= 15 is 0 Å². The van der Waals surface area contributed by atoms with Gasteiger partial charge in [0.1, 0.15) is 5.75 Å². The summed E-state index contributed by atoms with van der Waals surface area (Å²) in [4.78, 5) is 2.47. The van der Waals surface area contributed by atoms with Crippen molar-refractivity contribution in [3.8, 4) is 5.75 Å². The van der Waals surface area contributed by atoms with E-state index in [0.29, 0.717) is 6.54 Å². The number of nitrogens with zero attached hydrogens (tertiary/aromatic N) is 1. The predicted octanol–water partition coefficient (Wildman–Crippen LogP) is 2.04. The van der Waals surface area contributed by atoms with Crippen molar-refractivity contribution < 1.29 is 4.74 Å². The van der Waals surface area contributed by atoms with Gasteiger partial charge in [-0.1, -0.05) is 25.1 Å². The zero-order valence-electron chi connectivity index (χ0n) is 10.7. The van der Waals surface area contributed by atoms with Gasteiger partial charge in [-0.3, -0.25) is 4.90 Å². The van der Waals surface area contributed by atoms with E-state index in [-0.39, 0.29) is 6.04 Å². The quantitative estimate of drug-likeness (QED) is 0.866. The van der Waals surface area contributed by atoms with Crippen LogP contribution in [-0.2, 0) is 0 Å². The normalized spacial score (nSPS) is 22.6. The van der Waals surface area contributed by atoms with Crippen molar-refractivity contribution >= 4 is 0 Å². The Morgan fingerprint density at radius 1 is 1.47 bits per heavy atom. The number of likely N-dealkylation sites (tertiary alicyclic amines) is 1. The Hall–Kier alpha value is -1.06. The van der Waals surface area contributed by atoms with E-state index in [1.807, 2.05) is 12.1 Å². The summed E-state index contributed by atoms with van der Waals surface area (Å²) in [5.41, 5.74) is 7.17. The average molecular weight is 234 g/mol. The lowest BCUT2D eigenvalue weighted by Crippen LogP contribution is -2.32. The molecule has 17 heavy (non-hydrogen) atoms. The Morgan fingerprint density at radius 2 is 2.24 bits per heavy atom. The van der Waals surface area contributed by atoms with Gasteiger partial charge in [-0.05, 0) is 24.9 Å². The van der Waals surface area contributed by atoms with E-state index in [4.69, 9.17) is 10.5 Å². The number of para-hydroxylation sites is 1. The Morgan fingerprint density at radius 3 is 2.82 bits per heavy atom. The molecule has 0 radical (unpaired) electrons. The highest BCUT2D eigenvalue weighted by atomic mass is 16.5. The molecule has 1 fully saturated rings. The van der Waals surface area contributed by atoms with Crippen LogP contribution in [0.2, 0.25) is 0 Å². The molecule has 0 aromatic heterocycles. The molecule has 1 heterocycles. The lowest BCUT2D eigenvalue weighted by atomic mass is 10.0. The number of nitrogens with two attached hydrogens (primary N) is 1. The van der Waals surface area contributed by atoms with Gasteiger partial charge >= 0.3 is 0 Å². The molecule has 2 unspecified atom stereocenters. The van der Waals surface area contributed by atoms with Gasteiger partial charge in [0.25, 0.3) is 0 Å². The molecule has 1 aromatic carbocycles. The van der Waals surface area contributed by atoms with Gasteiger partial charge in [0.2, 0.25) is 0 Å². The van der Waals surface area contributed by atoms with E-state index in [2.05, 4.69) is 24.0 Å². The molecule has 1 aliphatic rings. The van der Waals surface area contributed by atoms with Crippen LogP contribution in [0.3, 0.4) is 0 Å². The van der Waals surface area contributed by atoms with Crippen molar-refractivity contribution in [3.05, 3.63) is 29.8 Å². The van der Waals surface area contributed by atoms with Gasteiger partial charge in [-0.25, -0.2) is 0 Å². The molecule has 0 saturated carbocycles. The second-order valence-corrected chi connectivity index (χ2v) is 4.88. The van der Waals surface area contributed by atoms with Gasteiger partial charge in [0.15, 0.2) is 0 Å². The van der Waals surface area contributed by atoms with Crippen LogP contribution in [0.1, 0.15) is 24.9 Å². The van der Waals surface area contributed by atoms with Crippen LogP contribution in [0.4, 0.5) is 0 Å². The highest BCUT2D eigenvalue weighted by molar-refractivity contribution is 5.36. The summed E-state index contributed by atoms with van der Waals surface area (Å²) < 4.78 is 5.43. The van der Waals surface area contributed by atoms with Crippen LogP contribution in [0.5, 0.6) is 5.75 Å². The molecule has 3 nitrogen and oxygen atoms in total. The Balaban J connectivity index is 2.22. The second kappa shape index (κ2) is 5.52. The summed E-state index contributed by atoms with van der Waals surface area (Å²) in [5, 5.41) is 0. The molecule has 0 bridgehead atoms. The molecule has 1 aromatic rings. The first-order valence-corrected chi connectivity index (χ1v) is 6.33. The van der Waals surface area contributed by atoms with E-state index in [0.717, 1.165) is 24.8 Å². The van der Waals surface area contributed by atoms with E-state index < -0.39 is 0 Å². The Bertz CT molecular complexity index is 367. The van der Waals surface area contributed by atoms with Crippen LogP contribution < -0.4 is 10.5 Å². The predicted molar refractivity (Wildman–Crippen MR) is 70.1 cm³/mol. The summed E-state index contributed by atoms with van der Waals surface area (Å²) in [6, 6.07) is 8.48. The topological polar surface area (TPSA) is 38.5 Å². The maximum Gasteiger partial charge on any atom is 0.123 e. The van der Waals surface area contributed by atoms with Gasteiger partial charge in [-0.2, -0.15) is 0 Å². The van der Waals surface area contributed by atoms with Gasteiger partial charge in [-0.15, -0.1) is 0 Å². The Labute approximate surface area is 104 Å². The van der Waals surface area contributed by atoms with Crippen LogP contribution >= 0.6 is 0 Å². The average Bonchev–Trinajstić information content (AvgIpc) is 2.77. The van der Waals surface area contributed by atoms with E-state index in [9.17, 15) is 0 Å². The molecule has 0 amide bonds. The number of ether oxygens (including phenoxy) is 1. The fourth-order valence-corrected chi connectivity index (χ4v) is 2.67. The number of rotatable bonds is 4. The first kappa shape index (κ1) is 12.4. The monoisotopic (exact) mass is 234 g/mol. The minimum Gasteiger partial charge on any atom is -0.496 e. The second-order valence-electron chi connectivity index (χ2n) is 4.88. The van der Waals surface area contributed by atoms with Crippen LogP contribution in [0.25, 0.3) is 0 Å². The molecule has 3 heteroatoms. The third-order valence-electron chi connectivity index (χ3n) is 3.62. The van der Waals surface area contributed by atoms with Crippen molar-refractivity contribution in [1.29, 1.82) is 0 Å². The van der Waals surface area contributed by atoms with Crippen molar-refractivity contribution in [2.75, 3.05) is 26.7 Å². The van der Waals surface area contributed by atoms with Crippen molar-refractivity contribution in [1.82, 2.24) is 4.90 Å². The largest absolute Gasteiger partial charge is 0.496 e. The molecule has 0 spiro atoms. The van der Waals surface area contributed by atoms with Gasteiger partial charge < -0.3 is 10.5 Å². The molecule has 0 aliphatic carbocycles. The summed E-state index contributed by atoms with van der Waals surface area (Å²) in [6.07, 6.45) is 1.27. The zero-order chi connectivity index (χ0) is 12.3. The third kappa shape index (κ3) is 2.61. The molecule has 94 valence electrons. The SMILES string of the molecule is COc1ccccc1C(CN)N1CCC(C)C1. The highest BCUT2D eigenvalue weighted by Crippen LogP contribution is 2.32. The van der Waals surface area contributed by atoms with Crippen LogP contribution in [-0.4, -0.2) is 31.6 Å². The lowest BCUT2D eigenvalue weighted by molar-refractivity contribution is 0.238. The minimum atomic E-state index is 0.288. The third-order valence-corrected chi connectivity index (χ3v) is 3.62. The molecule has 2 N–H and O–H groups in total. The first-order valence-electron chi connectivity index (χ1n) is 6.33. The van der Waals surface area contributed by atoms with Gasteiger partial charge in [0, 0.05) is 18.7 Å². The van der Waals surface area contributed by atoms with Crippen LogP contribution in [0, 0.1) is 5.92 Å². The summed E-state index contributed by atoms with van der Waals surface area (Å²) in [7, 11) is 1.72. The lowest BCUT2D eigenvalue weighted by Gasteiger charge is -2.28. The smallest absolute Gasteiger partial charge is 0.123 e. The first-order chi connectivity index (χ1) is 8.26. The molecule has 2 atom stereocenters.